The van der Waals surface area contributed by atoms with Crippen molar-refractivity contribution < 1.29 is 14.3 Å². The van der Waals surface area contributed by atoms with Crippen LogP contribution in [0.4, 0.5) is 4.79 Å². The quantitative estimate of drug-likeness (QED) is 0.827. The number of hydrazine groups is 1. The van der Waals surface area contributed by atoms with Crippen LogP contribution >= 0.6 is 0 Å². The summed E-state index contributed by atoms with van der Waals surface area (Å²) in [5.74, 6) is -0.313. The summed E-state index contributed by atoms with van der Waals surface area (Å²) in [7, 11) is 0. The molecule has 1 heterocycles. The van der Waals surface area contributed by atoms with Crippen LogP contribution < -0.4 is 10.9 Å². The number of benzene rings is 1. The molecule has 0 saturated heterocycles. The Morgan fingerprint density at radius 1 is 1.40 bits per heavy atom. The van der Waals surface area contributed by atoms with E-state index in [-0.39, 0.29) is 19.1 Å². The maximum Gasteiger partial charge on any atom is 0.356 e. The first-order valence-corrected chi connectivity index (χ1v) is 6.17. The lowest BCUT2D eigenvalue weighted by Gasteiger charge is -2.26. The molecule has 0 aliphatic carbocycles. The van der Waals surface area contributed by atoms with Gasteiger partial charge in [0.1, 0.15) is 0 Å². The van der Waals surface area contributed by atoms with E-state index in [1.165, 1.54) is 6.92 Å². The number of hydrazone groups is 1. The van der Waals surface area contributed by atoms with Crippen LogP contribution in [0.1, 0.15) is 12.5 Å². The van der Waals surface area contributed by atoms with Gasteiger partial charge in [-0.15, -0.1) is 0 Å². The molecule has 0 fully saturated rings. The van der Waals surface area contributed by atoms with E-state index in [4.69, 9.17) is 4.74 Å². The average molecular weight is 276 g/mol. The monoisotopic (exact) mass is 276 g/mol. The molecule has 2 N–H and O–H groups in total. The summed E-state index contributed by atoms with van der Waals surface area (Å²) in [6.07, 6.45) is 0. The molecule has 1 aromatic carbocycles. The van der Waals surface area contributed by atoms with Crippen molar-refractivity contribution >= 4 is 17.6 Å². The van der Waals surface area contributed by atoms with Crippen molar-refractivity contribution in [1.82, 2.24) is 15.9 Å². The smallest absolute Gasteiger partial charge is 0.356 e. The van der Waals surface area contributed by atoms with Crippen LogP contribution in [0.15, 0.2) is 35.4 Å². The molecule has 0 radical (unpaired) electrons. The van der Waals surface area contributed by atoms with Crippen LogP contribution in [-0.2, 0) is 16.1 Å². The number of nitrogens with one attached hydrogen (secondary N) is 2. The Hall–Kier alpha value is -2.41. The van der Waals surface area contributed by atoms with Crippen LogP contribution in [-0.4, -0.2) is 35.8 Å². The molecular weight excluding hydrogens is 260 g/mol. The summed E-state index contributed by atoms with van der Waals surface area (Å²) in [4.78, 5) is 22.4. The molecule has 20 heavy (non-hydrogen) atoms. The van der Waals surface area contributed by atoms with Crippen LogP contribution in [0.3, 0.4) is 0 Å². The molecule has 0 bridgehead atoms. The Morgan fingerprint density at radius 2 is 2.15 bits per heavy atom. The third kappa shape index (κ3) is 4.06. The van der Waals surface area contributed by atoms with Crippen molar-refractivity contribution in [1.29, 1.82) is 0 Å². The normalized spacial score (nSPS) is 14.6. The summed E-state index contributed by atoms with van der Waals surface area (Å²) in [6, 6.07) is 9.29. The van der Waals surface area contributed by atoms with Gasteiger partial charge in [-0.1, -0.05) is 30.3 Å². The zero-order valence-electron chi connectivity index (χ0n) is 11.1. The molecule has 0 aromatic heterocycles. The van der Waals surface area contributed by atoms with Crippen molar-refractivity contribution in [3.05, 3.63) is 35.9 Å². The summed E-state index contributed by atoms with van der Waals surface area (Å²) >= 11 is 0. The largest absolute Gasteiger partial charge is 0.371 e. The number of rotatable bonds is 5. The van der Waals surface area contributed by atoms with Gasteiger partial charge in [0.05, 0.1) is 25.5 Å². The van der Waals surface area contributed by atoms with E-state index in [2.05, 4.69) is 16.0 Å². The highest BCUT2D eigenvalue weighted by Crippen LogP contribution is 2.02. The fourth-order valence-electron chi connectivity index (χ4n) is 1.70. The second kappa shape index (κ2) is 6.67. The number of nitrogens with zero attached hydrogens (tertiary/aromatic N) is 2. The van der Waals surface area contributed by atoms with Crippen LogP contribution in [0, 0.1) is 0 Å². The van der Waals surface area contributed by atoms with E-state index in [1.807, 2.05) is 30.3 Å². The predicted octanol–water partition coefficient (Wildman–Crippen LogP) is 0.635. The molecule has 0 atom stereocenters. The first-order valence-electron chi connectivity index (χ1n) is 6.17. The summed E-state index contributed by atoms with van der Waals surface area (Å²) < 4.78 is 5.53. The molecule has 3 amide bonds. The number of carbonyl (C=O) groups is 2. The number of hydrogen-bond donors (Lipinski definition) is 2. The maximum absolute atomic E-state index is 11.4. The van der Waals surface area contributed by atoms with Gasteiger partial charge in [0.25, 0.3) is 0 Å². The van der Waals surface area contributed by atoms with Crippen LogP contribution in [0.2, 0.25) is 0 Å². The van der Waals surface area contributed by atoms with Gasteiger partial charge in [-0.3, -0.25) is 10.2 Å². The highest BCUT2D eigenvalue weighted by atomic mass is 16.5. The minimum atomic E-state index is -0.466. The van der Waals surface area contributed by atoms with Crippen molar-refractivity contribution in [2.24, 2.45) is 5.10 Å². The molecular formula is C13H16N4O3. The fraction of sp³-hybridized carbons (Fsp3) is 0.308. The van der Waals surface area contributed by atoms with Gasteiger partial charge in [0.2, 0.25) is 5.91 Å². The molecule has 0 spiro atoms. The predicted molar refractivity (Wildman–Crippen MR) is 72.6 cm³/mol. The highest BCUT2D eigenvalue weighted by Gasteiger charge is 2.21. The molecule has 2 rings (SSSR count). The van der Waals surface area contributed by atoms with Crippen LogP contribution in [0.5, 0.6) is 0 Å². The third-order valence-electron chi connectivity index (χ3n) is 2.57. The second-order valence-corrected chi connectivity index (χ2v) is 4.33. The minimum Gasteiger partial charge on any atom is -0.371 e. The molecule has 1 aliphatic rings. The van der Waals surface area contributed by atoms with Crippen LogP contribution in [0.25, 0.3) is 0 Å². The Kier molecular flexibility index (Phi) is 4.67. The lowest BCUT2D eigenvalue weighted by atomic mass is 10.2. The zero-order chi connectivity index (χ0) is 14.4. The molecule has 0 saturated carbocycles. The van der Waals surface area contributed by atoms with Gasteiger partial charge >= 0.3 is 6.03 Å². The standard InChI is InChI=1S/C13H16N4O3/c1-10(18)16-17-7-12(14-15-13(17)19)9-20-8-11-5-3-2-4-6-11/h2-6H,7-9H2,1H3,(H,15,19)(H,16,18). The molecule has 1 aromatic rings. The highest BCUT2D eigenvalue weighted by molar-refractivity contribution is 5.94. The zero-order valence-corrected chi connectivity index (χ0v) is 11.1. The number of carbonyl (C=O) groups excluding carboxylic acids is 2. The SMILES string of the molecule is CC(=O)NN1CC(COCc2ccccc2)=NNC1=O. The number of urea groups is 1. The summed E-state index contributed by atoms with van der Waals surface area (Å²) in [5.41, 5.74) is 6.43. The van der Waals surface area contributed by atoms with E-state index in [0.29, 0.717) is 12.3 Å². The Labute approximate surface area is 116 Å². The van der Waals surface area contributed by atoms with Gasteiger partial charge in [-0.05, 0) is 5.56 Å². The average Bonchev–Trinajstić information content (AvgIpc) is 2.43. The lowest BCUT2D eigenvalue weighted by molar-refractivity contribution is -0.122. The van der Waals surface area contributed by atoms with Crippen molar-refractivity contribution in [3.8, 4) is 0 Å². The van der Waals surface area contributed by atoms with Gasteiger partial charge < -0.3 is 4.74 Å². The molecule has 7 heteroatoms. The maximum atomic E-state index is 11.4. The molecule has 7 nitrogen and oxygen atoms in total. The van der Waals surface area contributed by atoms with E-state index < -0.39 is 6.03 Å². The minimum absolute atomic E-state index is 0.209. The Morgan fingerprint density at radius 3 is 2.85 bits per heavy atom. The van der Waals surface area contributed by atoms with Crippen molar-refractivity contribution in [3.63, 3.8) is 0 Å². The second-order valence-electron chi connectivity index (χ2n) is 4.33. The van der Waals surface area contributed by atoms with Gasteiger partial charge in [-0.2, -0.15) is 5.10 Å². The Balaban J connectivity index is 1.81. The third-order valence-corrected chi connectivity index (χ3v) is 2.57. The lowest BCUT2D eigenvalue weighted by Crippen LogP contribution is -2.54. The molecule has 0 unspecified atom stereocenters. The van der Waals surface area contributed by atoms with Gasteiger partial charge in [0.15, 0.2) is 0 Å². The van der Waals surface area contributed by atoms with Gasteiger partial charge in [0, 0.05) is 6.92 Å². The first kappa shape index (κ1) is 14.0. The first-order chi connectivity index (χ1) is 9.65. The van der Waals surface area contributed by atoms with E-state index in [1.54, 1.807) is 0 Å². The topological polar surface area (TPSA) is 83.0 Å². The number of ether oxygens (including phenoxy) is 1. The summed E-state index contributed by atoms with van der Waals surface area (Å²) in [5, 5.41) is 5.06. The number of hydrogen-bond acceptors (Lipinski definition) is 4. The van der Waals surface area contributed by atoms with E-state index >= 15 is 0 Å². The number of amides is 3. The fourth-order valence-corrected chi connectivity index (χ4v) is 1.70. The summed E-state index contributed by atoms with van der Waals surface area (Å²) in [6.45, 7) is 2.30. The Bertz CT molecular complexity index is 516. The van der Waals surface area contributed by atoms with Gasteiger partial charge in [-0.25, -0.2) is 15.2 Å². The van der Waals surface area contributed by atoms with E-state index in [0.717, 1.165) is 10.6 Å². The molecule has 106 valence electrons. The molecule has 1 aliphatic heterocycles. The van der Waals surface area contributed by atoms with Crippen molar-refractivity contribution in [2.75, 3.05) is 13.2 Å². The van der Waals surface area contributed by atoms with E-state index in [9.17, 15) is 9.59 Å². The van der Waals surface area contributed by atoms with Crippen molar-refractivity contribution in [2.45, 2.75) is 13.5 Å².